The third-order valence-electron chi connectivity index (χ3n) is 5.36. The topological polar surface area (TPSA) is 83.9 Å². The number of anilines is 1. The van der Waals surface area contributed by atoms with Crippen LogP contribution in [0, 0.1) is 5.82 Å². The van der Waals surface area contributed by atoms with Crippen LogP contribution in [0.25, 0.3) is 0 Å². The Labute approximate surface area is 198 Å². The SMILES string of the molecule is COc1ccccc1C(C)(C)Sc1ccc(F)c(N2C(=O)Cc3csc(C(=O)O)c3C2=O)c1. The lowest BCUT2D eigenvalue weighted by atomic mass is 10.0. The van der Waals surface area contributed by atoms with Crippen molar-refractivity contribution in [3.8, 4) is 5.75 Å². The Kier molecular flexibility index (Phi) is 6.02. The fraction of sp³-hybridized carbons (Fsp3) is 0.208. The normalized spacial score (nSPS) is 13.8. The van der Waals surface area contributed by atoms with Gasteiger partial charge in [-0.2, -0.15) is 0 Å². The van der Waals surface area contributed by atoms with Crippen LogP contribution in [0.1, 0.15) is 45.0 Å². The van der Waals surface area contributed by atoms with E-state index in [1.165, 1.54) is 29.3 Å². The van der Waals surface area contributed by atoms with Crippen LogP contribution in [-0.2, 0) is 16.0 Å². The Morgan fingerprint density at radius 3 is 2.64 bits per heavy atom. The van der Waals surface area contributed by atoms with Crippen LogP contribution in [-0.4, -0.2) is 30.0 Å². The molecule has 2 aromatic carbocycles. The Bertz CT molecular complexity index is 1280. The van der Waals surface area contributed by atoms with E-state index in [9.17, 15) is 23.9 Å². The minimum Gasteiger partial charge on any atom is -0.496 e. The largest absolute Gasteiger partial charge is 0.496 e. The Morgan fingerprint density at radius 2 is 1.94 bits per heavy atom. The molecule has 3 aromatic rings. The molecule has 0 bridgehead atoms. The first-order valence-electron chi connectivity index (χ1n) is 9.97. The number of ether oxygens (including phenoxy) is 1. The number of imide groups is 1. The molecule has 1 aliphatic rings. The van der Waals surface area contributed by atoms with Gasteiger partial charge >= 0.3 is 5.97 Å². The fourth-order valence-corrected chi connectivity index (χ4v) is 5.92. The van der Waals surface area contributed by atoms with Gasteiger partial charge in [-0.1, -0.05) is 18.2 Å². The molecule has 0 saturated heterocycles. The highest BCUT2D eigenvalue weighted by Gasteiger charge is 2.38. The molecule has 2 amide bonds. The van der Waals surface area contributed by atoms with Crippen molar-refractivity contribution in [2.45, 2.75) is 29.9 Å². The second kappa shape index (κ2) is 8.64. The van der Waals surface area contributed by atoms with E-state index in [2.05, 4.69) is 0 Å². The van der Waals surface area contributed by atoms with Crippen LogP contribution in [0.3, 0.4) is 0 Å². The number of carboxylic acids is 1. The summed E-state index contributed by atoms with van der Waals surface area (Å²) in [5, 5.41) is 10.9. The third kappa shape index (κ3) is 4.14. The highest BCUT2D eigenvalue weighted by atomic mass is 32.2. The fourth-order valence-electron chi connectivity index (χ4n) is 3.85. The number of thioether (sulfide) groups is 1. The molecular weight excluding hydrogens is 465 g/mol. The molecule has 2 heterocycles. The van der Waals surface area contributed by atoms with E-state index in [0.29, 0.717) is 16.2 Å². The highest BCUT2D eigenvalue weighted by Crippen LogP contribution is 2.45. The third-order valence-corrected chi connectivity index (χ3v) is 7.59. The number of para-hydroxylation sites is 1. The summed E-state index contributed by atoms with van der Waals surface area (Å²) in [6, 6.07) is 11.8. The van der Waals surface area contributed by atoms with E-state index in [0.717, 1.165) is 21.8 Å². The molecule has 0 fully saturated rings. The van der Waals surface area contributed by atoms with Crippen molar-refractivity contribution < 1.29 is 28.6 Å². The van der Waals surface area contributed by atoms with E-state index in [-0.39, 0.29) is 22.5 Å². The highest BCUT2D eigenvalue weighted by molar-refractivity contribution is 8.00. The molecule has 0 radical (unpaired) electrons. The quantitative estimate of drug-likeness (QED) is 0.374. The first-order valence-corrected chi connectivity index (χ1v) is 11.7. The average Bonchev–Trinajstić information content (AvgIpc) is 3.20. The molecule has 170 valence electrons. The number of methoxy groups -OCH3 is 1. The van der Waals surface area contributed by atoms with Gasteiger partial charge in [-0.25, -0.2) is 14.1 Å². The number of carboxylic acid groups (broad SMARTS) is 1. The zero-order valence-corrected chi connectivity index (χ0v) is 19.7. The van der Waals surface area contributed by atoms with Gasteiger partial charge in [-0.05, 0) is 49.1 Å². The van der Waals surface area contributed by atoms with Crippen LogP contribution in [0.5, 0.6) is 5.75 Å². The predicted molar refractivity (Wildman–Crippen MR) is 125 cm³/mol. The average molecular weight is 486 g/mol. The number of benzene rings is 2. The lowest BCUT2D eigenvalue weighted by Crippen LogP contribution is -2.43. The maximum absolute atomic E-state index is 14.8. The lowest BCUT2D eigenvalue weighted by molar-refractivity contribution is -0.117. The smallest absolute Gasteiger partial charge is 0.346 e. The number of halogens is 1. The number of carbonyl (C=O) groups excluding carboxylic acids is 2. The summed E-state index contributed by atoms with van der Waals surface area (Å²) in [6.45, 7) is 3.99. The molecule has 0 atom stereocenters. The number of rotatable bonds is 6. The Hall–Kier alpha value is -3.17. The van der Waals surface area contributed by atoms with Gasteiger partial charge in [0.25, 0.3) is 5.91 Å². The maximum atomic E-state index is 14.8. The van der Waals surface area contributed by atoms with Crippen molar-refractivity contribution >= 4 is 46.6 Å². The zero-order valence-electron chi connectivity index (χ0n) is 18.0. The second-order valence-corrected chi connectivity index (χ2v) is 10.5. The summed E-state index contributed by atoms with van der Waals surface area (Å²) in [6.07, 6.45) is -0.172. The van der Waals surface area contributed by atoms with E-state index in [1.807, 2.05) is 38.1 Å². The van der Waals surface area contributed by atoms with Gasteiger partial charge in [0.2, 0.25) is 5.91 Å². The first kappa shape index (κ1) is 23.0. The van der Waals surface area contributed by atoms with Gasteiger partial charge in [0.1, 0.15) is 16.4 Å². The predicted octanol–water partition coefficient (Wildman–Crippen LogP) is 5.35. The standard InChI is InChI=1S/C24H20FNO5S2/c1-24(2,15-6-4-5-7-18(15)31-3)33-14-8-9-16(25)17(11-14)26-19(27)10-13-12-32-21(23(29)30)20(13)22(26)28/h4-9,11-12H,10H2,1-3H3,(H,29,30). The number of amides is 2. The molecule has 0 saturated carbocycles. The van der Waals surface area contributed by atoms with Crippen molar-refractivity contribution in [1.29, 1.82) is 0 Å². The van der Waals surface area contributed by atoms with Crippen molar-refractivity contribution in [1.82, 2.24) is 0 Å². The molecule has 0 unspecified atom stereocenters. The summed E-state index contributed by atoms with van der Waals surface area (Å²) in [5.41, 5.74) is 1.03. The minimum atomic E-state index is -1.26. The molecule has 1 N–H and O–H groups in total. The zero-order chi connectivity index (χ0) is 23.9. The van der Waals surface area contributed by atoms with E-state index in [4.69, 9.17) is 4.74 Å². The van der Waals surface area contributed by atoms with Crippen LogP contribution < -0.4 is 9.64 Å². The number of fused-ring (bicyclic) bond motifs is 1. The molecule has 0 aliphatic carbocycles. The van der Waals surface area contributed by atoms with E-state index in [1.54, 1.807) is 13.2 Å². The van der Waals surface area contributed by atoms with Gasteiger partial charge in [0.05, 0.1) is 24.8 Å². The van der Waals surface area contributed by atoms with E-state index >= 15 is 0 Å². The number of carbonyl (C=O) groups is 3. The maximum Gasteiger partial charge on any atom is 0.346 e. The van der Waals surface area contributed by atoms with Gasteiger partial charge < -0.3 is 9.84 Å². The summed E-state index contributed by atoms with van der Waals surface area (Å²) in [5.74, 6) is -2.72. The van der Waals surface area contributed by atoms with Gasteiger partial charge in [0, 0.05) is 15.2 Å². The van der Waals surface area contributed by atoms with Gasteiger partial charge in [0.15, 0.2) is 0 Å². The number of thiophene rings is 1. The Morgan fingerprint density at radius 1 is 1.21 bits per heavy atom. The van der Waals surface area contributed by atoms with Crippen molar-refractivity contribution in [3.05, 3.63) is 75.2 Å². The summed E-state index contributed by atoms with van der Waals surface area (Å²) in [7, 11) is 1.59. The minimum absolute atomic E-state index is 0.0566. The number of nitrogens with zero attached hydrogens (tertiary/aromatic N) is 1. The van der Waals surface area contributed by atoms with Crippen molar-refractivity contribution in [3.63, 3.8) is 0 Å². The first-order chi connectivity index (χ1) is 15.6. The molecular formula is C24H20FNO5S2. The molecule has 1 aromatic heterocycles. The van der Waals surface area contributed by atoms with Crippen LogP contribution in [0.15, 0.2) is 52.7 Å². The summed E-state index contributed by atoms with van der Waals surface area (Å²) in [4.78, 5) is 38.7. The Balaban J connectivity index is 1.72. The lowest BCUT2D eigenvalue weighted by Gasteiger charge is -2.28. The number of hydrogen-bond donors (Lipinski definition) is 1. The van der Waals surface area contributed by atoms with Crippen LogP contribution in [0.4, 0.5) is 10.1 Å². The van der Waals surface area contributed by atoms with Gasteiger partial charge in [-0.15, -0.1) is 23.1 Å². The van der Waals surface area contributed by atoms with Crippen LogP contribution >= 0.6 is 23.1 Å². The number of aromatic carboxylic acids is 1. The molecule has 9 heteroatoms. The van der Waals surface area contributed by atoms with Crippen LogP contribution in [0.2, 0.25) is 0 Å². The van der Waals surface area contributed by atoms with Crippen molar-refractivity contribution in [2.24, 2.45) is 0 Å². The molecule has 6 nitrogen and oxygen atoms in total. The molecule has 33 heavy (non-hydrogen) atoms. The molecule has 4 rings (SSSR count). The molecule has 0 spiro atoms. The van der Waals surface area contributed by atoms with Crippen molar-refractivity contribution in [2.75, 3.05) is 12.0 Å². The number of hydrogen-bond acceptors (Lipinski definition) is 6. The molecule has 1 aliphatic heterocycles. The monoisotopic (exact) mass is 485 g/mol. The summed E-state index contributed by atoms with van der Waals surface area (Å²) >= 11 is 2.31. The summed E-state index contributed by atoms with van der Waals surface area (Å²) < 4.78 is 19.8. The van der Waals surface area contributed by atoms with Gasteiger partial charge in [-0.3, -0.25) is 9.59 Å². The second-order valence-electron chi connectivity index (χ2n) is 7.91. The van der Waals surface area contributed by atoms with E-state index < -0.39 is 28.3 Å².